The van der Waals surface area contributed by atoms with E-state index >= 15 is 0 Å². The molecule has 0 unspecified atom stereocenters. The number of amides is 2. The van der Waals surface area contributed by atoms with Crippen LogP contribution in [0.5, 0.6) is 0 Å². The van der Waals surface area contributed by atoms with E-state index in [1.54, 1.807) is 0 Å². The number of nitrogens with one attached hydrogen (secondary N) is 2. The lowest BCUT2D eigenvalue weighted by Gasteiger charge is -2.14. The number of carbonyl (C=O) groups excluding carboxylic acids is 1. The van der Waals surface area contributed by atoms with Crippen molar-refractivity contribution in [3.8, 4) is 0 Å². The van der Waals surface area contributed by atoms with E-state index in [9.17, 15) is 9.90 Å². The van der Waals surface area contributed by atoms with Crippen LogP contribution in [0.1, 0.15) is 41.5 Å². The van der Waals surface area contributed by atoms with Crippen molar-refractivity contribution in [3.63, 3.8) is 0 Å². The van der Waals surface area contributed by atoms with Crippen molar-refractivity contribution in [3.05, 3.63) is 34.4 Å². The molecule has 0 aromatic heterocycles. The summed E-state index contributed by atoms with van der Waals surface area (Å²) >= 11 is 0. The Morgan fingerprint density at radius 2 is 1.86 bits per heavy atom. The van der Waals surface area contributed by atoms with Gasteiger partial charge < -0.3 is 15.7 Å². The van der Waals surface area contributed by atoms with Crippen molar-refractivity contribution in [2.24, 2.45) is 5.92 Å². The minimum absolute atomic E-state index is 0.129. The number of carbonyl (C=O) groups is 1. The summed E-state index contributed by atoms with van der Waals surface area (Å²) in [6.07, 6.45) is 2.47. The van der Waals surface area contributed by atoms with Gasteiger partial charge in [0.15, 0.2) is 0 Å². The summed E-state index contributed by atoms with van der Waals surface area (Å²) in [7, 11) is 0. The quantitative estimate of drug-likeness (QED) is 0.798. The van der Waals surface area contributed by atoms with Crippen LogP contribution in [-0.4, -0.2) is 23.8 Å². The zero-order chi connectivity index (χ0) is 15.4. The van der Waals surface area contributed by atoms with Gasteiger partial charge in [0.2, 0.25) is 0 Å². The maximum absolute atomic E-state index is 11.9. The molecule has 1 saturated carbocycles. The van der Waals surface area contributed by atoms with Crippen molar-refractivity contribution < 1.29 is 9.90 Å². The Labute approximate surface area is 126 Å². The molecule has 1 aromatic rings. The van der Waals surface area contributed by atoms with E-state index in [0.29, 0.717) is 19.0 Å². The molecule has 0 spiro atoms. The predicted molar refractivity (Wildman–Crippen MR) is 84.2 cm³/mol. The van der Waals surface area contributed by atoms with Crippen LogP contribution in [0.15, 0.2) is 12.1 Å². The molecule has 0 bridgehead atoms. The molecule has 4 heteroatoms. The zero-order valence-electron chi connectivity index (χ0n) is 13.2. The van der Waals surface area contributed by atoms with Gasteiger partial charge in [-0.1, -0.05) is 17.7 Å². The van der Waals surface area contributed by atoms with E-state index in [0.717, 1.165) is 19.3 Å². The third kappa shape index (κ3) is 4.46. The summed E-state index contributed by atoms with van der Waals surface area (Å²) in [5, 5.41) is 15.3. The second-order valence-electron chi connectivity index (χ2n) is 6.27. The van der Waals surface area contributed by atoms with Crippen molar-refractivity contribution in [1.82, 2.24) is 10.6 Å². The molecule has 2 rings (SSSR count). The first-order valence-electron chi connectivity index (χ1n) is 7.72. The maximum Gasteiger partial charge on any atom is 0.315 e. The largest absolute Gasteiger partial charge is 0.393 e. The van der Waals surface area contributed by atoms with E-state index in [1.807, 2.05) is 0 Å². The predicted octanol–water partition coefficient (Wildman–Crippen LogP) is 2.57. The van der Waals surface area contributed by atoms with Crippen LogP contribution in [0.25, 0.3) is 0 Å². The first kappa shape index (κ1) is 15.8. The van der Waals surface area contributed by atoms with Crippen molar-refractivity contribution in [2.45, 2.75) is 52.7 Å². The summed E-state index contributed by atoms with van der Waals surface area (Å²) in [5.74, 6) is 0.411. The Hall–Kier alpha value is -1.55. The van der Waals surface area contributed by atoms with Gasteiger partial charge in [0.1, 0.15) is 0 Å². The summed E-state index contributed by atoms with van der Waals surface area (Å²) in [6, 6.07) is 4.15. The van der Waals surface area contributed by atoms with Gasteiger partial charge in [-0.2, -0.15) is 0 Å². The summed E-state index contributed by atoms with van der Waals surface area (Å²) < 4.78 is 0. The number of rotatable bonds is 4. The second-order valence-corrected chi connectivity index (χ2v) is 6.27. The fraction of sp³-hybridized carbons (Fsp3) is 0.588. The molecular weight excluding hydrogens is 264 g/mol. The lowest BCUT2D eigenvalue weighted by atomic mass is 10.00. The van der Waals surface area contributed by atoms with Gasteiger partial charge in [-0.25, -0.2) is 4.79 Å². The molecule has 3 N–H and O–H groups in total. The normalized spacial score (nSPS) is 21.3. The molecular formula is C17H26N2O2. The topological polar surface area (TPSA) is 61.4 Å². The Bertz CT molecular complexity index is 491. The molecule has 116 valence electrons. The van der Waals surface area contributed by atoms with E-state index < -0.39 is 0 Å². The highest BCUT2D eigenvalue weighted by Gasteiger charge is 2.22. The number of benzene rings is 1. The van der Waals surface area contributed by atoms with Crippen LogP contribution in [0.3, 0.4) is 0 Å². The molecule has 1 aliphatic rings. The zero-order valence-corrected chi connectivity index (χ0v) is 13.2. The van der Waals surface area contributed by atoms with Crippen molar-refractivity contribution >= 4 is 6.03 Å². The molecule has 4 nitrogen and oxygen atoms in total. The summed E-state index contributed by atoms with van der Waals surface area (Å²) in [5.41, 5.74) is 4.86. The number of urea groups is 1. The van der Waals surface area contributed by atoms with E-state index in [2.05, 4.69) is 43.5 Å². The highest BCUT2D eigenvalue weighted by Crippen LogP contribution is 2.24. The average Bonchev–Trinajstić information content (AvgIpc) is 2.81. The monoisotopic (exact) mass is 290 g/mol. The SMILES string of the molecule is Cc1cc(C)c(CNC(=O)NC[C@@H]2CC[C@@H](O)C2)c(C)c1. The van der Waals surface area contributed by atoms with Crippen LogP contribution in [0.2, 0.25) is 0 Å². The maximum atomic E-state index is 11.9. The third-order valence-electron chi connectivity index (χ3n) is 4.33. The Morgan fingerprint density at radius 3 is 2.43 bits per heavy atom. The van der Waals surface area contributed by atoms with Gasteiger partial charge in [0.05, 0.1) is 6.10 Å². The van der Waals surface area contributed by atoms with Crippen LogP contribution >= 0.6 is 0 Å². The Kier molecular flexibility index (Phi) is 5.23. The van der Waals surface area contributed by atoms with Gasteiger partial charge in [0, 0.05) is 13.1 Å². The number of aliphatic hydroxyl groups excluding tert-OH is 1. The molecule has 2 atom stereocenters. The van der Waals surface area contributed by atoms with E-state index in [1.165, 1.54) is 22.3 Å². The van der Waals surface area contributed by atoms with Crippen molar-refractivity contribution in [1.29, 1.82) is 0 Å². The van der Waals surface area contributed by atoms with Gasteiger partial charge in [-0.15, -0.1) is 0 Å². The fourth-order valence-corrected chi connectivity index (χ4v) is 3.19. The molecule has 1 fully saturated rings. The smallest absolute Gasteiger partial charge is 0.315 e. The lowest BCUT2D eigenvalue weighted by Crippen LogP contribution is -2.37. The molecule has 0 radical (unpaired) electrons. The van der Waals surface area contributed by atoms with E-state index in [-0.39, 0.29) is 12.1 Å². The van der Waals surface area contributed by atoms with Gasteiger partial charge in [-0.3, -0.25) is 0 Å². The number of aryl methyl sites for hydroxylation is 3. The first-order valence-corrected chi connectivity index (χ1v) is 7.72. The molecule has 1 aliphatic carbocycles. The van der Waals surface area contributed by atoms with Crippen molar-refractivity contribution in [2.75, 3.05) is 6.54 Å². The minimum atomic E-state index is -0.183. The van der Waals surface area contributed by atoms with Crippen LogP contribution in [0, 0.1) is 26.7 Å². The number of hydrogen-bond acceptors (Lipinski definition) is 2. The van der Waals surface area contributed by atoms with Gasteiger partial charge in [-0.05, 0) is 62.6 Å². The molecule has 0 heterocycles. The molecule has 0 saturated heterocycles. The number of aliphatic hydroxyl groups is 1. The molecule has 21 heavy (non-hydrogen) atoms. The lowest BCUT2D eigenvalue weighted by molar-refractivity contribution is 0.177. The molecule has 2 amide bonds. The molecule has 1 aromatic carbocycles. The summed E-state index contributed by atoms with van der Waals surface area (Å²) in [4.78, 5) is 11.9. The van der Waals surface area contributed by atoms with Crippen LogP contribution in [-0.2, 0) is 6.54 Å². The summed E-state index contributed by atoms with van der Waals surface area (Å²) in [6.45, 7) is 7.44. The first-order chi connectivity index (χ1) is 9.95. The highest BCUT2D eigenvalue weighted by atomic mass is 16.3. The second kappa shape index (κ2) is 6.94. The van der Waals surface area contributed by atoms with Gasteiger partial charge in [0.25, 0.3) is 0 Å². The Balaban J connectivity index is 1.79. The third-order valence-corrected chi connectivity index (χ3v) is 4.33. The van der Waals surface area contributed by atoms with Crippen LogP contribution in [0.4, 0.5) is 4.79 Å². The number of hydrogen-bond donors (Lipinski definition) is 3. The van der Waals surface area contributed by atoms with E-state index in [4.69, 9.17) is 0 Å². The molecule has 0 aliphatic heterocycles. The van der Waals surface area contributed by atoms with Gasteiger partial charge >= 0.3 is 6.03 Å². The fourth-order valence-electron chi connectivity index (χ4n) is 3.19. The Morgan fingerprint density at radius 1 is 1.19 bits per heavy atom. The minimum Gasteiger partial charge on any atom is -0.393 e. The average molecular weight is 290 g/mol. The standard InChI is InChI=1S/C17H26N2O2/c1-11-6-12(2)16(13(3)7-11)10-19-17(21)18-9-14-4-5-15(20)8-14/h6-7,14-15,20H,4-5,8-10H2,1-3H3,(H2,18,19,21)/t14-,15-/m1/s1. The highest BCUT2D eigenvalue weighted by molar-refractivity contribution is 5.73. The van der Waals surface area contributed by atoms with Crippen LogP contribution < -0.4 is 10.6 Å².